The molecule has 30 heavy (non-hydrogen) atoms. The molecule has 0 bridgehead atoms. The maximum Gasteiger partial charge on any atom is 0.434 e. The lowest BCUT2D eigenvalue weighted by Crippen LogP contribution is -2.27. The fourth-order valence-electron chi connectivity index (χ4n) is 2.46. The van der Waals surface area contributed by atoms with Crippen molar-refractivity contribution in [2.75, 3.05) is 5.32 Å². The highest BCUT2D eigenvalue weighted by molar-refractivity contribution is 6.31. The van der Waals surface area contributed by atoms with Crippen molar-refractivity contribution in [2.24, 2.45) is 0 Å². The van der Waals surface area contributed by atoms with Crippen molar-refractivity contribution >= 4 is 40.7 Å². The average molecular weight is 459 g/mol. The molecule has 0 aliphatic heterocycles. The Bertz CT molecular complexity index is 1090. The molecular formula is C19H12Cl2F4N4O. The number of halogens is 6. The van der Waals surface area contributed by atoms with E-state index in [4.69, 9.17) is 23.2 Å². The first-order valence-electron chi connectivity index (χ1n) is 8.32. The van der Waals surface area contributed by atoms with Crippen LogP contribution in [0.3, 0.4) is 0 Å². The van der Waals surface area contributed by atoms with Crippen LogP contribution < -0.4 is 10.6 Å². The number of amides is 1. The molecule has 0 atom stereocenters. The van der Waals surface area contributed by atoms with Gasteiger partial charge in [0.05, 0.1) is 5.56 Å². The molecule has 11 heteroatoms. The zero-order chi connectivity index (χ0) is 21.9. The van der Waals surface area contributed by atoms with Crippen molar-refractivity contribution in [1.29, 1.82) is 0 Å². The summed E-state index contributed by atoms with van der Waals surface area (Å²) < 4.78 is 53.5. The molecular weight excluding hydrogens is 447 g/mol. The van der Waals surface area contributed by atoms with Crippen LogP contribution in [0.25, 0.3) is 0 Å². The summed E-state index contributed by atoms with van der Waals surface area (Å²) in [6, 6.07) is 9.70. The fourth-order valence-corrected chi connectivity index (χ4v) is 2.88. The number of rotatable bonds is 5. The molecule has 156 valence electrons. The molecule has 1 heterocycles. The summed E-state index contributed by atoms with van der Waals surface area (Å²) in [5.41, 5.74) is -1.47. The van der Waals surface area contributed by atoms with E-state index >= 15 is 0 Å². The van der Waals surface area contributed by atoms with Gasteiger partial charge in [-0.1, -0.05) is 35.3 Å². The fraction of sp³-hybridized carbons (Fsp3) is 0.105. The summed E-state index contributed by atoms with van der Waals surface area (Å²) in [6.45, 7) is -0.211. The third kappa shape index (κ3) is 5.37. The summed E-state index contributed by atoms with van der Waals surface area (Å²) in [5, 5.41) is 5.30. The Morgan fingerprint density at radius 3 is 2.53 bits per heavy atom. The number of alkyl halides is 3. The quantitative estimate of drug-likeness (QED) is 0.487. The zero-order valence-electron chi connectivity index (χ0n) is 14.9. The third-order valence-electron chi connectivity index (χ3n) is 3.84. The van der Waals surface area contributed by atoms with Crippen molar-refractivity contribution in [3.63, 3.8) is 0 Å². The van der Waals surface area contributed by atoms with Crippen LogP contribution in [0.4, 0.5) is 29.2 Å². The summed E-state index contributed by atoms with van der Waals surface area (Å²) in [4.78, 5) is 19.6. The topological polar surface area (TPSA) is 66.9 Å². The van der Waals surface area contributed by atoms with Crippen molar-refractivity contribution < 1.29 is 22.4 Å². The van der Waals surface area contributed by atoms with E-state index in [0.717, 1.165) is 18.3 Å². The van der Waals surface area contributed by atoms with E-state index in [9.17, 15) is 22.4 Å². The summed E-state index contributed by atoms with van der Waals surface area (Å²) in [7, 11) is 0. The standard InChI is InChI=1S/C19H12Cl2F4N4O/c20-11-2-1-3-13(6-11)28-18-27-9-14(16(29-18)19(23,24)25)17(30)26-8-10-4-5-12(22)7-15(10)21/h1-7,9H,8H2,(H,26,30)(H,27,28,29). The zero-order valence-corrected chi connectivity index (χ0v) is 16.4. The minimum absolute atomic E-state index is 0.0312. The second-order valence-corrected chi connectivity index (χ2v) is 6.85. The molecule has 1 aromatic heterocycles. The van der Waals surface area contributed by atoms with Gasteiger partial charge in [0.25, 0.3) is 5.91 Å². The van der Waals surface area contributed by atoms with Gasteiger partial charge in [0.2, 0.25) is 5.95 Å². The van der Waals surface area contributed by atoms with Gasteiger partial charge in [0.1, 0.15) is 5.82 Å². The van der Waals surface area contributed by atoms with Gasteiger partial charge in [-0.3, -0.25) is 4.79 Å². The average Bonchev–Trinajstić information content (AvgIpc) is 2.66. The first-order chi connectivity index (χ1) is 14.1. The first kappa shape index (κ1) is 21.8. The molecule has 0 radical (unpaired) electrons. The Morgan fingerprint density at radius 2 is 1.87 bits per heavy atom. The number of nitrogens with zero attached hydrogens (tertiary/aromatic N) is 2. The number of carbonyl (C=O) groups excluding carboxylic acids is 1. The number of anilines is 2. The molecule has 0 aliphatic carbocycles. The van der Waals surface area contributed by atoms with Crippen LogP contribution in [0.5, 0.6) is 0 Å². The number of benzene rings is 2. The summed E-state index contributed by atoms with van der Waals surface area (Å²) in [5.74, 6) is -2.00. The van der Waals surface area contributed by atoms with Crippen LogP contribution in [0, 0.1) is 5.82 Å². The molecule has 5 nitrogen and oxygen atoms in total. The largest absolute Gasteiger partial charge is 0.434 e. The molecule has 3 aromatic rings. The normalized spacial score (nSPS) is 11.3. The number of hydrogen-bond acceptors (Lipinski definition) is 4. The molecule has 2 aromatic carbocycles. The van der Waals surface area contributed by atoms with Crippen LogP contribution >= 0.6 is 23.2 Å². The number of carbonyl (C=O) groups is 1. The van der Waals surface area contributed by atoms with E-state index in [0.29, 0.717) is 16.3 Å². The SMILES string of the molecule is O=C(NCc1ccc(F)cc1Cl)c1cnc(Nc2cccc(Cl)c2)nc1C(F)(F)F. The maximum atomic E-state index is 13.5. The lowest BCUT2D eigenvalue weighted by Gasteiger charge is -2.14. The van der Waals surface area contributed by atoms with E-state index in [1.54, 1.807) is 18.2 Å². The van der Waals surface area contributed by atoms with Gasteiger partial charge < -0.3 is 10.6 Å². The lowest BCUT2D eigenvalue weighted by molar-refractivity contribution is -0.141. The number of aromatic nitrogens is 2. The predicted molar refractivity (Wildman–Crippen MR) is 104 cm³/mol. The van der Waals surface area contributed by atoms with Gasteiger partial charge in [-0.2, -0.15) is 13.2 Å². The van der Waals surface area contributed by atoms with E-state index in [-0.39, 0.29) is 17.5 Å². The van der Waals surface area contributed by atoms with Crippen molar-refractivity contribution in [3.8, 4) is 0 Å². The minimum atomic E-state index is -4.91. The van der Waals surface area contributed by atoms with Gasteiger partial charge in [-0.25, -0.2) is 14.4 Å². The molecule has 3 rings (SSSR count). The lowest BCUT2D eigenvalue weighted by atomic mass is 10.2. The van der Waals surface area contributed by atoms with Gasteiger partial charge >= 0.3 is 6.18 Å². The van der Waals surface area contributed by atoms with Crippen LogP contribution in [0.2, 0.25) is 10.0 Å². The molecule has 0 saturated carbocycles. The highest BCUT2D eigenvalue weighted by Gasteiger charge is 2.38. The minimum Gasteiger partial charge on any atom is -0.348 e. The molecule has 0 saturated heterocycles. The second-order valence-electron chi connectivity index (χ2n) is 6.01. The molecule has 0 spiro atoms. The van der Waals surface area contributed by atoms with Crippen LogP contribution in [0.15, 0.2) is 48.7 Å². The monoisotopic (exact) mass is 458 g/mol. The smallest absolute Gasteiger partial charge is 0.348 e. The van der Waals surface area contributed by atoms with Crippen molar-refractivity contribution in [3.05, 3.63) is 81.3 Å². The predicted octanol–water partition coefficient (Wildman–Crippen LogP) is 5.61. The third-order valence-corrected chi connectivity index (χ3v) is 4.42. The molecule has 2 N–H and O–H groups in total. The van der Waals surface area contributed by atoms with Crippen LogP contribution in [-0.4, -0.2) is 15.9 Å². The van der Waals surface area contributed by atoms with E-state index in [2.05, 4.69) is 20.6 Å². The Balaban J connectivity index is 1.83. The number of nitrogens with one attached hydrogen (secondary N) is 2. The Labute approximate surface area is 178 Å². The Morgan fingerprint density at radius 1 is 1.10 bits per heavy atom. The van der Waals surface area contributed by atoms with E-state index in [1.165, 1.54) is 12.1 Å². The van der Waals surface area contributed by atoms with Crippen LogP contribution in [0.1, 0.15) is 21.6 Å². The van der Waals surface area contributed by atoms with Gasteiger partial charge in [0, 0.05) is 28.5 Å². The summed E-state index contributed by atoms with van der Waals surface area (Å²) in [6.07, 6.45) is -4.14. The van der Waals surface area contributed by atoms with Crippen LogP contribution in [-0.2, 0) is 12.7 Å². The van der Waals surface area contributed by atoms with Crippen molar-refractivity contribution in [2.45, 2.75) is 12.7 Å². The maximum absolute atomic E-state index is 13.5. The Hall–Kier alpha value is -2.91. The van der Waals surface area contributed by atoms with Crippen molar-refractivity contribution in [1.82, 2.24) is 15.3 Å². The second kappa shape index (κ2) is 8.85. The first-order valence-corrected chi connectivity index (χ1v) is 9.08. The Kier molecular flexibility index (Phi) is 6.42. The van der Waals surface area contributed by atoms with E-state index < -0.39 is 29.2 Å². The molecule has 0 aliphatic rings. The molecule has 1 amide bonds. The number of hydrogen-bond donors (Lipinski definition) is 2. The van der Waals surface area contributed by atoms with Gasteiger partial charge in [-0.05, 0) is 35.9 Å². The van der Waals surface area contributed by atoms with Gasteiger partial charge in [-0.15, -0.1) is 0 Å². The highest BCUT2D eigenvalue weighted by Crippen LogP contribution is 2.31. The van der Waals surface area contributed by atoms with E-state index in [1.807, 2.05) is 0 Å². The van der Waals surface area contributed by atoms with Gasteiger partial charge in [0.15, 0.2) is 5.69 Å². The molecule has 0 unspecified atom stereocenters. The molecule has 0 fully saturated rings. The highest BCUT2D eigenvalue weighted by atomic mass is 35.5. The summed E-state index contributed by atoms with van der Waals surface area (Å²) >= 11 is 11.7.